The minimum atomic E-state index is -1.70. The molecule has 0 bridgehead atoms. The van der Waals surface area contributed by atoms with Gasteiger partial charge >= 0.3 is 23.9 Å². The summed E-state index contributed by atoms with van der Waals surface area (Å²) in [5, 5.41) is 38.2. The number of nitrogens with zero attached hydrogens (tertiary/aromatic N) is 3. The predicted molar refractivity (Wildman–Crippen MR) is 91.7 cm³/mol. The summed E-state index contributed by atoms with van der Waals surface area (Å²) in [7, 11) is 0. The lowest BCUT2D eigenvalue weighted by molar-refractivity contribution is -0.151. The number of carboxylic acid groups (broad SMARTS) is 4. The quantitative estimate of drug-likeness (QED) is 0.243. The van der Waals surface area contributed by atoms with Crippen LogP contribution in [0.15, 0.2) is 0 Å². The fourth-order valence-electron chi connectivity index (χ4n) is 2.75. The van der Waals surface area contributed by atoms with Crippen LogP contribution in [0.2, 0.25) is 0 Å². The lowest BCUT2D eigenvalue weighted by Crippen LogP contribution is -2.47. The van der Waals surface area contributed by atoms with Crippen LogP contribution >= 0.6 is 0 Å². The molecule has 154 valence electrons. The third-order valence-corrected chi connectivity index (χ3v) is 4.19. The third-order valence-electron chi connectivity index (χ3n) is 4.19. The van der Waals surface area contributed by atoms with E-state index in [1.54, 1.807) is 9.80 Å². The molecule has 1 heterocycles. The Morgan fingerprint density at radius 2 is 1.07 bits per heavy atom. The molecule has 5 N–H and O–H groups in total. The van der Waals surface area contributed by atoms with Crippen LogP contribution in [0.4, 0.5) is 0 Å². The van der Waals surface area contributed by atoms with Gasteiger partial charge in [-0.2, -0.15) is 0 Å². The Balaban J connectivity index is 2.65. The van der Waals surface area contributed by atoms with Crippen LogP contribution in [0, 0.1) is 0 Å². The van der Waals surface area contributed by atoms with E-state index in [1.165, 1.54) is 0 Å². The Labute approximate surface area is 155 Å². The van der Waals surface area contributed by atoms with Gasteiger partial charge in [0.25, 0.3) is 0 Å². The zero-order valence-corrected chi connectivity index (χ0v) is 14.9. The first-order chi connectivity index (χ1) is 12.7. The fraction of sp³-hybridized carbons (Fsp3) is 0.733. The van der Waals surface area contributed by atoms with E-state index in [1.807, 2.05) is 4.90 Å². The van der Waals surface area contributed by atoms with E-state index in [9.17, 15) is 19.2 Å². The van der Waals surface area contributed by atoms with Crippen molar-refractivity contribution in [2.24, 2.45) is 0 Å². The third kappa shape index (κ3) is 9.28. The number of carbonyl (C=O) groups is 4. The van der Waals surface area contributed by atoms with Crippen LogP contribution < -0.4 is 5.32 Å². The van der Waals surface area contributed by atoms with Crippen molar-refractivity contribution in [3.63, 3.8) is 0 Å². The zero-order chi connectivity index (χ0) is 20.4. The molecule has 0 aromatic rings. The number of nitrogens with one attached hydrogen (secondary N) is 1. The van der Waals surface area contributed by atoms with E-state index in [0.717, 1.165) is 0 Å². The molecule has 0 aromatic heterocycles. The second-order valence-electron chi connectivity index (χ2n) is 6.25. The van der Waals surface area contributed by atoms with Crippen molar-refractivity contribution in [2.45, 2.75) is 6.04 Å². The highest BCUT2D eigenvalue weighted by atomic mass is 16.4. The topological polar surface area (TPSA) is 171 Å². The van der Waals surface area contributed by atoms with Gasteiger partial charge < -0.3 is 20.4 Å². The molecule has 1 saturated heterocycles. The van der Waals surface area contributed by atoms with Gasteiger partial charge in [0.05, 0.1) is 13.1 Å². The molecule has 1 aliphatic rings. The molecule has 0 saturated carbocycles. The van der Waals surface area contributed by atoms with Gasteiger partial charge in [0.2, 0.25) is 6.04 Å². The normalized spacial score (nSPS) is 17.8. The summed E-state index contributed by atoms with van der Waals surface area (Å²) in [6.07, 6.45) is 0. The van der Waals surface area contributed by atoms with Crippen LogP contribution in [-0.4, -0.2) is 130 Å². The van der Waals surface area contributed by atoms with Gasteiger partial charge in [-0.25, -0.2) is 9.59 Å². The van der Waals surface area contributed by atoms with Crippen molar-refractivity contribution >= 4 is 23.9 Å². The molecule has 0 atom stereocenters. The van der Waals surface area contributed by atoms with Gasteiger partial charge in [-0.05, 0) is 0 Å². The molecule has 0 radical (unpaired) electrons. The van der Waals surface area contributed by atoms with Crippen molar-refractivity contribution < 1.29 is 39.6 Å². The van der Waals surface area contributed by atoms with E-state index in [-0.39, 0.29) is 19.6 Å². The lowest BCUT2D eigenvalue weighted by Gasteiger charge is -2.25. The van der Waals surface area contributed by atoms with Crippen LogP contribution in [0.5, 0.6) is 0 Å². The van der Waals surface area contributed by atoms with Crippen LogP contribution in [0.25, 0.3) is 0 Å². The van der Waals surface area contributed by atoms with E-state index < -0.39 is 29.9 Å². The van der Waals surface area contributed by atoms with E-state index in [2.05, 4.69) is 5.32 Å². The molecule has 27 heavy (non-hydrogen) atoms. The average molecular weight is 390 g/mol. The summed E-state index contributed by atoms with van der Waals surface area (Å²) in [6.45, 7) is 2.89. The molecular formula is C15H26N4O8. The Morgan fingerprint density at radius 3 is 1.41 bits per heavy atom. The molecule has 1 fully saturated rings. The summed E-state index contributed by atoms with van der Waals surface area (Å²) in [5.41, 5.74) is 0. The van der Waals surface area contributed by atoms with Gasteiger partial charge in [-0.3, -0.25) is 29.6 Å². The highest BCUT2D eigenvalue weighted by Crippen LogP contribution is 2.01. The molecule has 12 nitrogen and oxygen atoms in total. The van der Waals surface area contributed by atoms with Crippen molar-refractivity contribution in [1.29, 1.82) is 0 Å². The Kier molecular flexibility index (Phi) is 9.64. The maximum Gasteiger partial charge on any atom is 0.332 e. The van der Waals surface area contributed by atoms with Gasteiger partial charge in [-0.1, -0.05) is 0 Å². The van der Waals surface area contributed by atoms with Crippen LogP contribution in [0.3, 0.4) is 0 Å². The van der Waals surface area contributed by atoms with Crippen LogP contribution in [0.1, 0.15) is 0 Å². The summed E-state index contributed by atoms with van der Waals surface area (Å²) < 4.78 is 0. The molecule has 1 aliphatic heterocycles. The van der Waals surface area contributed by atoms with Crippen molar-refractivity contribution in [1.82, 2.24) is 20.0 Å². The molecule has 1 rings (SSSR count). The zero-order valence-electron chi connectivity index (χ0n) is 14.9. The molecule has 0 spiro atoms. The second-order valence-corrected chi connectivity index (χ2v) is 6.25. The lowest BCUT2D eigenvalue weighted by atomic mass is 10.3. The number of aliphatic carboxylic acids is 4. The molecule has 0 unspecified atom stereocenters. The van der Waals surface area contributed by atoms with Crippen LogP contribution in [-0.2, 0) is 19.2 Å². The maximum absolute atomic E-state index is 11.0. The minimum absolute atomic E-state index is 0.112. The van der Waals surface area contributed by atoms with Gasteiger partial charge in [-0.15, -0.1) is 0 Å². The second kappa shape index (κ2) is 11.4. The monoisotopic (exact) mass is 390 g/mol. The highest BCUT2D eigenvalue weighted by molar-refractivity contribution is 5.97. The van der Waals surface area contributed by atoms with Crippen molar-refractivity contribution in [2.75, 3.05) is 65.4 Å². The summed E-state index contributed by atoms with van der Waals surface area (Å²) >= 11 is 0. The smallest absolute Gasteiger partial charge is 0.332 e. The first-order valence-corrected chi connectivity index (χ1v) is 8.48. The highest BCUT2D eigenvalue weighted by Gasteiger charge is 2.25. The molecule has 0 aliphatic carbocycles. The van der Waals surface area contributed by atoms with E-state index in [4.69, 9.17) is 20.4 Å². The minimum Gasteiger partial charge on any atom is -0.480 e. The standard InChI is InChI=1S/C15H26N4O8/c20-11(21)9-18-5-3-17(2-1-16-13(14(24)25)15(26)27)4-6-19(8-7-18)10-12(22)23/h13,16H,1-10H2,(H,20,21)(H,22,23)(H,24,25)(H,26,27). The summed E-state index contributed by atoms with van der Waals surface area (Å²) in [6, 6.07) is -1.70. The van der Waals surface area contributed by atoms with Gasteiger partial charge in [0.1, 0.15) is 0 Å². The van der Waals surface area contributed by atoms with Crippen molar-refractivity contribution in [3.8, 4) is 0 Å². The Bertz CT molecular complexity index is 502. The maximum atomic E-state index is 11.0. The fourth-order valence-corrected chi connectivity index (χ4v) is 2.75. The number of hydrogen-bond acceptors (Lipinski definition) is 8. The summed E-state index contributed by atoms with van der Waals surface area (Å²) in [5.74, 6) is -4.91. The average Bonchev–Trinajstić information content (AvgIpc) is 2.62. The SMILES string of the molecule is O=C(O)CN1CCN(CCNC(C(=O)O)C(=O)O)CCN(CC(=O)O)CC1. The van der Waals surface area contributed by atoms with Gasteiger partial charge in [0, 0.05) is 52.4 Å². The largest absolute Gasteiger partial charge is 0.480 e. The van der Waals surface area contributed by atoms with E-state index >= 15 is 0 Å². The van der Waals surface area contributed by atoms with Crippen molar-refractivity contribution in [3.05, 3.63) is 0 Å². The molecule has 0 aromatic carbocycles. The number of hydrogen-bond donors (Lipinski definition) is 5. The molecular weight excluding hydrogens is 364 g/mol. The molecule has 12 heteroatoms. The first kappa shape index (κ1) is 22.8. The van der Waals surface area contributed by atoms with E-state index in [0.29, 0.717) is 45.8 Å². The Morgan fingerprint density at radius 1 is 0.704 bits per heavy atom. The predicted octanol–water partition coefficient (Wildman–Crippen LogP) is -2.80. The molecule has 0 amide bonds. The first-order valence-electron chi connectivity index (χ1n) is 8.48. The Hall–Kier alpha value is -2.28. The number of carboxylic acids is 4. The summed E-state index contributed by atoms with van der Waals surface area (Å²) in [4.78, 5) is 49.1. The number of rotatable bonds is 10. The van der Waals surface area contributed by atoms with Gasteiger partial charge in [0.15, 0.2) is 0 Å².